The molecule has 2 aromatic rings. The molecule has 0 spiro atoms. The van der Waals surface area contributed by atoms with Gasteiger partial charge in [0.2, 0.25) is 0 Å². The van der Waals surface area contributed by atoms with Crippen LogP contribution in [0.25, 0.3) is 11.3 Å². The van der Waals surface area contributed by atoms with Gasteiger partial charge in [0.05, 0.1) is 0 Å². The molecule has 2 heterocycles. The smallest absolute Gasteiger partial charge is 0.178 e. The molecule has 3 rings (SSSR count). The summed E-state index contributed by atoms with van der Waals surface area (Å²) in [5.41, 5.74) is 0.441. The topological polar surface area (TPSA) is 74.7 Å². The van der Waals surface area contributed by atoms with Gasteiger partial charge in [-0.3, -0.25) is 0 Å². The lowest BCUT2D eigenvalue weighted by molar-refractivity contribution is 0.512. The Kier molecular flexibility index (Phi) is 3.88. The average Bonchev–Trinajstić information content (AvgIpc) is 2.78. The first-order chi connectivity index (χ1) is 10.7. The Hall–Kier alpha value is -2.68. The highest BCUT2D eigenvalue weighted by atomic mass is 19.1. The maximum atomic E-state index is 13.0. The van der Waals surface area contributed by atoms with Crippen LogP contribution >= 0.6 is 0 Å². The number of nitrogens with zero attached hydrogens (tertiary/aromatic N) is 4. The molecule has 0 unspecified atom stereocenters. The van der Waals surface area contributed by atoms with Crippen molar-refractivity contribution in [3.05, 3.63) is 47.3 Å². The highest BCUT2D eigenvalue weighted by Gasteiger charge is 2.21. The Bertz CT molecular complexity index is 755. The van der Waals surface area contributed by atoms with Crippen molar-refractivity contribution in [2.45, 2.75) is 32.2 Å². The number of fused-ring (bicyclic) bond motifs is 1. The normalized spacial score (nSPS) is 15.5. The predicted molar refractivity (Wildman–Crippen MR) is 79.0 cm³/mol. The standard InChI is InChI=1S/C16H15FN4O/c17-12-7-5-11(6-8-12)15(22)13(10-18)16-20-19-14-4-2-1-3-9-21(14)16/h5-8,22H,1-4,9H2/b15-13-. The molecule has 0 fully saturated rings. The summed E-state index contributed by atoms with van der Waals surface area (Å²) >= 11 is 0. The first kappa shape index (κ1) is 14.3. The van der Waals surface area contributed by atoms with E-state index in [0.717, 1.165) is 38.1 Å². The molecule has 1 aliphatic heterocycles. The molecule has 6 heteroatoms. The molecule has 1 aromatic heterocycles. The highest BCUT2D eigenvalue weighted by Crippen LogP contribution is 2.25. The Morgan fingerprint density at radius 2 is 1.95 bits per heavy atom. The van der Waals surface area contributed by atoms with E-state index in [2.05, 4.69) is 10.2 Å². The number of rotatable bonds is 2. The van der Waals surface area contributed by atoms with Crippen LogP contribution in [0.3, 0.4) is 0 Å². The zero-order valence-corrected chi connectivity index (χ0v) is 12.0. The summed E-state index contributed by atoms with van der Waals surface area (Å²) in [6.07, 6.45) is 3.98. The molecule has 0 saturated carbocycles. The van der Waals surface area contributed by atoms with Crippen molar-refractivity contribution < 1.29 is 9.50 Å². The molecular weight excluding hydrogens is 283 g/mol. The second-order valence-electron chi connectivity index (χ2n) is 5.24. The van der Waals surface area contributed by atoms with Crippen molar-refractivity contribution in [2.24, 2.45) is 0 Å². The van der Waals surface area contributed by atoms with Crippen LogP contribution in [0.5, 0.6) is 0 Å². The van der Waals surface area contributed by atoms with Crippen LogP contribution in [0.2, 0.25) is 0 Å². The van der Waals surface area contributed by atoms with E-state index in [0.29, 0.717) is 11.4 Å². The van der Waals surface area contributed by atoms with Crippen LogP contribution in [0.15, 0.2) is 24.3 Å². The quantitative estimate of drug-likeness (QED) is 0.683. The number of halogens is 1. The Morgan fingerprint density at radius 1 is 1.18 bits per heavy atom. The van der Waals surface area contributed by atoms with Gasteiger partial charge in [-0.15, -0.1) is 10.2 Å². The fourth-order valence-corrected chi connectivity index (χ4v) is 2.63. The van der Waals surface area contributed by atoms with Crippen molar-refractivity contribution in [1.82, 2.24) is 14.8 Å². The molecule has 5 nitrogen and oxygen atoms in total. The van der Waals surface area contributed by atoms with Crippen LogP contribution < -0.4 is 0 Å². The van der Waals surface area contributed by atoms with Gasteiger partial charge in [-0.2, -0.15) is 5.26 Å². The summed E-state index contributed by atoms with van der Waals surface area (Å²) in [5.74, 6) is 0.613. The van der Waals surface area contributed by atoms with Crippen LogP contribution in [0.1, 0.15) is 36.5 Å². The average molecular weight is 298 g/mol. The minimum absolute atomic E-state index is 0.0623. The van der Waals surface area contributed by atoms with Crippen molar-refractivity contribution >= 4 is 11.3 Å². The minimum atomic E-state index is -0.397. The van der Waals surface area contributed by atoms with Gasteiger partial charge in [-0.05, 0) is 37.1 Å². The predicted octanol–water partition coefficient (Wildman–Crippen LogP) is 3.09. The van der Waals surface area contributed by atoms with Gasteiger partial charge in [-0.1, -0.05) is 6.42 Å². The molecule has 0 bridgehead atoms. The molecule has 0 aliphatic carbocycles. The summed E-state index contributed by atoms with van der Waals surface area (Å²) in [6.45, 7) is 0.736. The third-order valence-electron chi connectivity index (χ3n) is 3.80. The first-order valence-electron chi connectivity index (χ1n) is 7.22. The van der Waals surface area contributed by atoms with Crippen LogP contribution in [0, 0.1) is 17.1 Å². The molecule has 1 aromatic carbocycles. The number of hydrogen-bond donors (Lipinski definition) is 1. The first-order valence-corrected chi connectivity index (χ1v) is 7.22. The maximum absolute atomic E-state index is 13.0. The van der Waals surface area contributed by atoms with Crippen LogP contribution in [-0.4, -0.2) is 19.9 Å². The summed E-state index contributed by atoms with van der Waals surface area (Å²) in [7, 11) is 0. The van der Waals surface area contributed by atoms with Gasteiger partial charge in [0.25, 0.3) is 0 Å². The number of aryl methyl sites for hydroxylation is 1. The summed E-state index contributed by atoms with van der Waals surface area (Å²) in [4.78, 5) is 0. The summed E-state index contributed by atoms with van der Waals surface area (Å²) in [6, 6.07) is 7.35. The van der Waals surface area contributed by atoms with E-state index in [1.165, 1.54) is 24.3 Å². The third-order valence-corrected chi connectivity index (χ3v) is 3.80. The van der Waals surface area contributed by atoms with Gasteiger partial charge in [-0.25, -0.2) is 4.39 Å². The van der Waals surface area contributed by atoms with E-state index in [1.54, 1.807) is 0 Å². The van der Waals surface area contributed by atoms with Gasteiger partial charge in [0.1, 0.15) is 29.0 Å². The summed E-state index contributed by atoms with van der Waals surface area (Å²) < 4.78 is 14.9. The fraction of sp³-hybridized carbons (Fsp3) is 0.312. The van der Waals surface area contributed by atoms with Gasteiger partial charge >= 0.3 is 0 Å². The number of aliphatic hydroxyl groups is 1. The van der Waals surface area contributed by atoms with E-state index >= 15 is 0 Å². The van der Waals surface area contributed by atoms with Crippen LogP contribution in [-0.2, 0) is 13.0 Å². The molecule has 0 amide bonds. The van der Waals surface area contributed by atoms with Crippen LogP contribution in [0.4, 0.5) is 4.39 Å². The van der Waals surface area contributed by atoms with E-state index in [9.17, 15) is 14.8 Å². The van der Waals surface area contributed by atoms with Crippen molar-refractivity contribution in [1.29, 1.82) is 5.26 Å². The van der Waals surface area contributed by atoms with Gasteiger partial charge in [0, 0.05) is 18.5 Å². The van der Waals surface area contributed by atoms with E-state index in [1.807, 2.05) is 10.6 Å². The van der Waals surface area contributed by atoms with Gasteiger partial charge < -0.3 is 9.67 Å². The highest BCUT2D eigenvalue weighted by molar-refractivity contribution is 5.92. The fourth-order valence-electron chi connectivity index (χ4n) is 2.63. The molecule has 1 aliphatic rings. The number of nitriles is 1. The largest absolute Gasteiger partial charge is 0.506 e. The number of aromatic nitrogens is 3. The number of allylic oxidation sites excluding steroid dienone is 1. The monoisotopic (exact) mass is 298 g/mol. The zero-order chi connectivity index (χ0) is 15.5. The molecule has 0 atom stereocenters. The second kappa shape index (κ2) is 5.98. The molecule has 1 N–H and O–H groups in total. The molecule has 0 radical (unpaired) electrons. The van der Waals surface area contributed by atoms with Crippen molar-refractivity contribution in [2.75, 3.05) is 0 Å². The van der Waals surface area contributed by atoms with Gasteiger partial charge in [0.15, 0.2) is 5.82 Å². The Labute approximate surface area is 127 Å². The number of aliphatic hydroxyl groups excluding tert-OH is 1. The van der Waals surface area contributed by atoms with E-state index in [-0.39, 0.29) is 11.3 Å². The van der Waals surface area contributed by atoms with E-state index in [4.69, 9.17) is 0 Å². The Balaban J connectivity index is 2.08. The SMILES string of the molecule is N#C/C(=C(/O)c1ccc(F)cc1)c1nnc2n1CCCCC2. The Morgan fingerprint density at radius 3 is 2.68 bits per heavy atom. The molecule has 22 heavy (non-hydrogen) atoms. The number of hydrogen-bond acceptors (Lipinski definition) is 4. The van der Waals surface area contributed by atoms with E-state index < -0.39 is 5.82 Å². The lowest BCUT2D eigenvalue weighted by Crippen LogP contribution is -2.06. The van der Waals surface area contributed by atoms with Crippen molar-refractivity contribution in [3.63, 3.8) is 0 Å². The van der Waals surface area contributed by atoms with Crippen molar-refractivity contribution in [3.8, 4) is 6.07 Å². The lowest BCUT2D eigenvalue weighted by atomic mass is 10.1. The summed E-state index contributed by atoms with van der Waals surface area (Å²) in [5, 5.41) is 28.0. The minimum Gasteiger partial charge on any atom is -0.506 e. The second-order valence-corrected chi connectivity index (χ2v) is 5.24. The molecular formula is C16H15FN4O. The third kappa shape index (κ3) is 2.58. The molecule has 112 valence electrons. The number of benzene rings is 1. The lowest BCUT2D eigenvalue weighted by Gasteiger charge is -2.08. The molecule has 0 saturated heterocycles. The maximum Gasteiger partial charge on any atom is 0.178 e. The zero-order valence-electron chi connectivity index (χ0n) is 12.0.